The van der Waals surface area contributed by atoms with Gasteiger partial charge in [0.05, 0.1) is 6.61 Å². The largest absolute Gasteiger partial charge is 0.480 e. The van der Waals surface area contributed by atoms with Gasteiger partial charge < -0.3 is 26.4 Å². The summed E-state index contributed by atoms with van der Waals surface area (Å²) >= 11 is 0. The Morgan fingerprint density at radius 2 is 1.48 bits per heavy atom. The van der Waals surface area contributed by atoms with Crippen molar-refractivity contribution in [2.45, 2.75) is 77.2 Å². The van der Waals surface area contributed by atoms with Gasteiger partial charge in [-0.1, -0.05) is 64.7 Å². The minimum Gasteiger partial charge on any atom is -0.480 e. The molecule has 0 saturated carbocycles. The van der Waals surface area contributed by atoms with Gasteiger partial charge in [-0.3, -0.25) is 9.36 Å². The van der Waals surface area contributed by atoms with E-state index in [2.05, 4.69) is 6.92 Å². The van der Waals surface area contributed by atoms with Crippen molar-refractivity contribution in [1.82, 2.24) is 6.15 Å². The molecule has 0 bridgehead atoms. The lowest BCUT2D eigenvalue weighted by molar-refractivity contribution is -0.139. The van der Waals surface area contributed by atoms with Gasteiger partial charge in [0.2, 0.25) is 0 Å². The van der Waals surface area contributed by atoms with E-state index >= 15 is 0 Å². The molecular formula is C15H35N2O5P. The maximum absolute atomic E-state index is 11.7. The van der Waals surface area contributed by atoms with Gasteiger partial charge in [-0.2, -0.15) is 0 Å². The van der Waals surface area contributed by atoms with Crippen LogP contribution in [0.2, 0.25) is 0 Å². The molecule has 0 aliphatic carbocycles. The highest BCUT2D eigenvalue weighted by Gasteiger charge is 2.22. The van der Waals surface area contributed by atoms with Crippen LogP contribution in [-0.4, -0.2) is 34.8 Å². The first kappa shape index (κ1) is 24.8. The minimum atomic E-state index is -3.70. The standard InChI is InChI=1S/C15H32NO5P.H3N/c1-2-3-4-5-6-7-8-9-10-11-12-22(19,20)21-13-14(16)15(17)18;/h14H,2-13,16H2,1H3,(H,17,18)(H,19,20);1H3. The molecule has 0 amide bonds. The number of carboxylic acid groups (broad SMARTS) is 1. The zero-order chi connectivity index (χ0) is 16.8. The third-order valence-corrected chi connectivity index (χ3v) is 5.00. The fourth-order valence-electron chi connectivity index (χ4n) is 2.13. The first-order valence-electron chi connectivity index (χ1n) is 8.34. The number of carbonyl (C=O) groups is 1. The number of hydrogen-bond acceptors (Lipinski definition) is 5. The molecule has 0 radical (unpaired) electrons. The van der Waals surface area contributed by atoms with E-state index in [9.17, 15) is 14.3 Å². The molecule has 8 heteroatoms. The van der Waals surface area contributed by atoms with Crippen molar-refractivity contribution in [2.24, 2.45) is 5.73 Å². The minimum absolute atomic E-state index is 0. The van der Waals surface area contributed by atoms with Gasteiger partial charge in [-0.25, -0.2) is 0 Å². The summed E-state index contributed by atoms with van der Waals surface area (Å²) in [5.41, 5.74) is 5.22. The van der Waals surface area contributed by atoms with Crippen molar-refractivity contribution in [3.05, 3.63) is 0 Å². The van der Waals surface area contributed by atoms with E-state index in [0.29, 0.717) is 6.42 Å². The summed E-state index contributed by atoms with van der Waals surface area (Å²) in [6, 6.07) is -1.26. The van der Waals surface area contributed by atoms with Crippen molar-refractivity contribution in [1.29, 1.82) is 0 Å². The van der Waals surface area contributed by atoms with Crippen LogP contribution < -0.4 is 11.9 Å². The number of nitrogens with two attached hydrogens (primary N) is 1. The first-order valence-corrected chi connectivity index (χ1v) is 10.1. The Kier molecular flexibility index (Phi) is 16.3. The van der Waals surface area contributed by atoms with Crippen LogP contribution in [0, 0.1) is 0 Å². The smallest absolute Gasteiger partial charge is 0.328 e. The van der Waals surface area contributed by atoms with Crippen molar-refractivity contribution in [2.75, 3.05) is 12.8 Å². The molecule has 0 fully saturated rings. The molecule has 0 aliphatic rings. The average Bonchev–Trinajstić information content (AvgIpc) is 2.46. The summed E-state index contributed by atoms with van der Waals surface area (Å²) in [4.78, 5) is 20.0. The lowest BCUT2D eigenvalue weighted by Gasteiger charge is -2.13. The monoisotopic (exact) mass is 354 g/mol. The Hall–Kier alpha value is -0.460. The molecule has 0 aromatic carbocycles. The van der Waals surface area contributed by atoms with Crippen LogP contribution in [0.25, 0.3) is 0 Å². The van der Waals surface area contributed by atoms with E-state index in [0.717, 1.165) is 19.3 Å². The number of hydrogen-bond donors (Lipinski definition) is 4. The van der Waals surface area contributed by atoms with E-state index in [-0.39, 0.29) is 12.3 Å². The third-order valence-electron chi connectivity index (χ3n) is 3.57. The number of unbranched alkanes of at least 4 members (excludes halogenated alkanes) is 9. The summed E-state index contributed by atoms with van der Waals surface area (Å²) < 4.78 is 16.4. The van der Waals surface area contributed by atoms with Gasteiger partial charge >= 0.3 is 13.6 Å². The van der Waals surface area contributed by atoms with Gasteiger partial charge in [-0.05, 0) is 6.42 Å². The van der Waals surface area contributed by atoms with Gasteiger partial charge in [0, 0.05) is 6.16 Å². The molecule has 7 N–H and O–H groups in total. The molecule has 0 rings (SSSR count). The summed E-state index contributed by atoms with van der Waals surface area (Å²) in [5.74, 6) is -1.24. The highest BCUT2D eigenvalue weighted by atomic mass is 31.2. The zero-order valence-electron chi connectivity index (χ0n) is 14.4. The lowest BCUT2D eigenvalue weighted by Crippen LogP contribution is -2.34. The number of carboxylic acids is 1. The van der Waals surface area contributed by atoms with E-state index < -0.39 is 26.2 Å². The maximum Gasteiger partial charge on any atom is 0.328 e. The third kappa shape index (κ3) is 16.2. The highest BCUT2D eigenvalue weighted by molar-refractivity contribution is 7.52. The van der Waals surface area contributed by atoms with E-state index in [4.69, 9.17) is 15.4 Å². The number of aliphatic carboxylic acids is 1. The van der Waals surface area contributed by atoms with Crippen LogP contribution in [0.1, 0.15) is 71.1 Å². The molecule has 0 aromatic rings. The molecule has 2 atom stereocenters. The fourth-order valence-corrected chi connectivity index (χ4v) is 3.28. The zero-order valence-corrected chi connectivity index (χ0v) is 15.3. The molecule has 0 heterocycles. The van der Waals surface area contributed by atoms with Crippen LogP contribution >= 0.6 is 7.60 Å². The molecular weight excluding hydrogens is 319 g/mol. The van der Waals surface area contributed by atoms with Gasteiger partial charge in [0.1, 0.15) is 6.04 Å². The molecule has 0 saturated heterocycles. The first-order chi connectivity index (χ1) is 10.4. The summed E-state index contributed by atoms with van der Waals surface area (Å²) in [6.45, 7) is 1.78. The Bertz CT molecular complexity index is 342. The molecule has 0 aliphatic heterocycles. The van der Waals surface area contributed by atoms with Crippen LogP contribution in [0.15, 0.2) is 0 Å². The molecule has 7 nitrogen and oxygen atoms in total. The SMILES string of the molecule is CCCCCCCCCCCCP(=O)(O)OCC(N)C(=O)O.N. The van der Waals surface area contributed by atoms with Crippen molar-refractivity contribution < 1.29 is 23.9 Å². The molecule has 2 unspecified atom stereocenters. The maximum atomic E-state index is 11.7. The highest BCUT2D eigenvalue weighted by Crippen LogP contribution is 2.42. The van der Waals surface area contributed by atoms with Gasteiger partial charge in [-0.15, -0.1) is 0 Å². The second-order valence-corrected chi connectivity index (χ2v) is 7.76. The van der Waals surface area contributed by atoms with Crippen molar-refractivity contribution in [3.63, 3.8) is 0 Å². The normalized spacial score (nSPS) is 14.7. The summed E-state index contributed by atoms with van der Waals surface area (Å²) in [5, 5.41) is 8.57. The predicted octanol–water partition coefficient (Wildman–Crippen LogP) is 3.68. The lowest BCUT2D eigenvalue weighted by atomic mass is 10.1. The molecule has 140 valence electrons. The van der Waals surface area contributed by atoms with Crippen LogP contribution in [0.4, 0.5) is 0 Å². The predicted molar refractivity (Wildman–Crippen MR) is 93.1 cm³/mol. The Morgan fingerprint density at radius 1 is 1.04 bits per heavy atom. The Labute approximate surface area is 140 Å². The summed E-state index contributed by atoms with van der Waals surface area (Å²) in [7, 11) is -3.70. The summed E-state index contributed by atoms with van der Waals surface area (Å²) in [6.07, 6.45) is 11.5. The molecule has 0 spiro atoms. The van der Waals surface area contributed by atoms with E-state index in [1.165, 1.54) is 38.5 Å². The Balaban J connectivity index is 0. The second-order valence-electron chi connectivity index (χ2n) is 5.78. The van der Waals surface area contributed by atoms with Gasteiger partial charge in [0.25, 0.3) is 0 Å². The number of rotatable bonds is 15. The Morgan fingerprint density at radius 3 is 1.91 bits per heavy atom. The van der Waals surface area contributed by atoms with Crippen molar-refractivity contribution in [3.8, 4) is 0 Å². The van der Waals surface area contributed by atoms with Crippen molar-refractivity contribution >= 4 is 13.6 Å². The van der Waals surface area contributed by atoms with Crippen LogP contribution in [-0.2, 0) is 13.9 Å². The fraction of sp³-hybridized carbons (Fsp3) is 0.933. The van der Waals surface area contributed by atoms with E-state index in [1.54, 1.807) is 0 Å². The quantitative estimate of drug-likeness (QED) is 0.259. The van der Waals surface area contributed by atoms with E-state index in [1.807, 2.05) is 0 Å². The van der Waals surface area contributed by atoms with Gasteiger partial charge in [0.15, 0.2) is 0 Å². The topological polar surface area (TPSA) is 145 Å². The average molecular weight is 354 g/mol. The molecule has 23 heavy (non-hydrogen) atoms. The van der Waals surface area contributed by atoms with Crippen LogP contribution in [0.3, 0.4) is 0 Å². The van der Waals surface area contributed by atoms with Crippen LogP contribution in [0.5, 0.6) is 0 Å². The molecule has 0 aromatic heterocycles. The second kappa shape index (κ2) is 15.1.